The first-order valence-electron chi connectivity index (χ1n) is 9.83. The molecular weight excluding hydrogens is 399 g/mol. The van der Waals surface area contributed by atoms with E-state index in [1.54, 1.807) is 17.0 Å². The van der Waals surface area contributed by atoms with Crippen LogP contribution in [0.1, 0.15) is 28.8 Å². The van der Waals surface area contributed by atoms with Crippen molar-refractivity contribution in [2.75, 3.05) is 31.6 Å². The molecule has 0 bridgehead atoms. The Bertz CT molecular complexity index is 892. The number of piperidine rings is 1. The first-order chi connectivity index (χ1) is 14.4. The molecule has 1 aromatic carbocycles. The van der Waals surface area contributed by atoms with Crippen LogP contribution in [0.15, 0.2) is 42.6 Å². The maximum atomic E-state index is 13.1. The van der Waals surface area contributed by atoms with Crippen LogP contribution in [0.2, 0.25) is 0 Å². The Morgan fingerprint density at radius 2 is 1.83 bits per heavy atom. The first-order valence-corrected chi connectivity index (χ1v) is 9.83. The number of pyridine rings is 1. The van der Waals surface area contributed by atoms with Crippen molar-refractivity contribution >= 4 is 17.4 Å². The van der Waals surface area contributed by atoms with Crippen LogP contribution >= 0.6 is 0 Å². The summed E-state index contributed by atoms with van der Waals surface area (Å²) in [6.45, 7) is 2.32. The molecule has 0 atom stereocenters. The van der Waals surface area contributed by atoms with E-state index in [1.807, 2.05) is 0 Å². The zero-order chi connectivity index (χ0) is 21.1. The number of carbonyl (C=O) groups excluding carboxylic acids is 1. The molecule has 0 radical (unpaired) electrons. The second-order valence-electron chi connectivity index (χ2n) is 7.34. The summed E-state index contributed by atoms with van der Waals surface area (Å²) in [6.07, 6.45) is -1.61. The normalized spacial score (nSPS) is 18.6. The minimum atomic E-state index is -4.45. The van der Waals surface area contributed by atoms with Gasteiger partial charge in [-0.05, 0) is 43.2 Å². The molecule has 1 N–H and O–H groups in total. The Kier molecular flexibility index (Phi) is 5.92. The minimum absolute atomic E-state index is 0.196. The van der Waals surface area contributed by atoms with Crippen LogP contribution in [0, 0.1) is 5.92 Å². The van der Waals surface area contributed by atoms with Crippen LogP contribution in [-0.4, -0.2) is 48.4 Å². The van der Waals surface area contributed by atoms with Gasteiger partial charge in [-0.1, -0.05) is 6.07 Å². The molecule has 2 aromatic rings. The van der Waals surface area contributed by atoms with Gasteiger partial charge < -0.3 is 19.7 Å². The van der Waals surface area contributed by atoms with Gasteiger partial charge >= 0.3 is 6.18 Å². The standard InChI is InChI=1S/C21H22F3N3O3/c22-21(23,24)15-3-1-4-16(13-15)26-18-17(5-2-8-25-18)19(28)27-9-6-14(7-10-27)20-29-11-12-30-20/h1-5,8,13-14,20H,6-7,9-12H2,(H,25,26). The molecule has 0 saturated carbocycles. The Morgan fingerprint density at radius 3 is 2.53 bits per heavy atom. The molecule has 2 saturated heterocycles. The summed E-state index contributed by atoms with van der Waals surface area (Å²) < 4.78 is 50.1. The van der Waals surface area contributed by atoms with Gasteiger partial charge in [-0.3, -0.25) is 4.79 Å². The number of aromatic nitrogens is 1. The van der Waals surface area contributed by atoms with Crippen molar-refractivity contribution in [3.05, 3.63) is 53.7 Å². The Hall–Kier alpha value is -2.65. The van der Waals surface area contributed by atoms with E-state index < -0.39 is 11.7 Å². The fraction of sp³-hybridized carbons (Fsp3) is 0.429. The molecule has 2 aliphatic rings. The van der Waals surface area contributed by atoms with E-state index in [9.17, 15) is 18.0 Å². The highest BCUT2D eigenvalue weighted by atomic mass is 19.4. The highest BCUT2D eigenvalue weighted by molar-refractivity contribution is 5.99. The lowest BCUT2D eigenvalue weighted by Crippen LogP contribution is -2.41. The number of nitrogens with one attached hydrogen (secondary N) is 1. The molecule has 0 unspecified atom stereocenters. The van der Waals surface area contributed by atoms with Gasteiger partial charge in [0.15, 0.2) is 6.29 Å². The maximum Gasteiger partial charge on any atom is 0.416 e. The maximum absolute atomic E-state index is 13.1. The highest BCUT2D eigenvalue weighted by Crippen LogP contribution is 2.32. The number of anilines is 2. The van der Waals surface area contributed by atoms with E-state index in [1.165, 1.54) is 18.3 Å². The number of carbonyl (C=O) groups is 1. The number of hydrogen-bond donors (Lipinski definition) is 1. The van der Waals surface area contributed by atoms with Gasteiger partial charge in [-0.25, -0.2) is 4.98 Å². The smallest absolute Gasteiger partial charge is 0.350 e. The van der Waals surface area contributed by atoms with E-state index in [0.717, 1.165) is 25.0 Å². The monoisotopic (exact) mass is 421 g/mol. The molecule has 4 rings (SSSR count). The van der Waals surface area contributed by atoms with Crippen molar-refractivity contribution in [3.8, 4) is 0 Å². The number of nitrogens with zero attached hydrogens (tertiary/aromatic N) is 2. The van der Waals surface area contributed by atoms with Crippen LogP contribution in [0.25, 0.3) is 0 Å². The fourth-order valence-electron chi connectivity index (χ4n) is 3.78. The van der Waals surface area contributed by atoms with Crippen molar-refractivity contribution in [1.82, 2.24) is 9.88 Å². The number of ether oxygens (including phenoxy) is 2. The van der Waals surface area contributed by atoms with Gasteiger partial charge in [0.25, 0.3) is 5.91 Å². The van der Waals surface area contributed by atoms with Crippen LogP contribution in [0.4, 0.5) is 24.7 Å². The number of halogens is 3. The zero-order valence-corrected chi connectivity index (χ0v) is 16.2. The molecule has 1 aromatic heterocycles. The molecule has 160 valence electrons. The van der Waals surface area contributed by atoms with Gasteiger partial charge in [-0.2, -0.15) is 13.2 Å². The molecular formula is C21H22F3N3O3. The van der Waals surface area contributed by atoms with Crippen molar-refractivity contribution in [3.63, 3.8) is 0 Å². The molecule has 9 heteroatoms. The predicted octanol–water partition coefficient (Wildman–Crippen LogP) is 4.07. The number of hydrogen-bond acceptors (Lipinski definition) is 5. The van der Waals surface area contributed by atoms with Crippen LogP contribution < -0.4 is 5.32 Å². The van der Waals surface area contributed by atoms with Gasteiger partial charge in [0, 0.05) is 30.9 Å². The summed E-state index contributed by atoms with van der Waals surface area (Å²) in [5.41, 5.74) is -0.233. The number of likely N-dealkylation sites (tertiary alicyclic amines) is 1. The molecule has 30 heavy (non-hydrogen) atoms. The lowest BCUT2D eigenvalue weighted by atomic mass is 9.95. The summed E-state index contributed by atoms with van der Waals surface area (Å²) in [5.74, 6) is 0.281. The van der Waals surface area contributed by atoms with Crippen LogP contribution in [0.5, 0.6) is 0 Å². The average Bonchev–Trinajstić information content (AvgIpc) is 3.28. The minimum Gasteiger partial charge on any atom is -0.350 e. The third-order valence-electron chi connectivity index (χ3n) is 5.35. The highest BCUT2D eigenvalue weighted by Gasteiger charge is 2.33. The van der Waals surface area contributed by atoms with Crippen molar-refractivity contribution in [2.45, 2.75) is 25.3 Å². The summed E-state index contributed by atoms with van der Waals surface area (Å²) in [5, 5.41) is 2.86. The SMILES string of the molecule is O=C(c1cccnc1Nc1cccc(C(F)(F)F)c1)N1CCC(C2OCCO2)CC1. The molecule has 2 aliphatic heterocycles. The number of amides is 1. The Morgan fingerprint density at radius 1 is 1.10 bits per heavy atom. The van der Waals surface area contributed by atoms with Crippen molar-refractivity contribution in [1.29, 1.82) is 0 Å². The van der Waals surface area contributed by atoms with Crippen molar-refractivity contribution < 1.29 is 27.4 Å². The topological polar surface area (TPSA) is 63.7 Å². The third-order valence-corrected chi connectivity index (χ3v) is 5.35. The predicted molar refractivity (Wildman–Crippen MR) is 103 cm³/mol. The van der Waals surface area contributed by atoms with E-state index in [0.29, 0.717) is 31.9 Å². The van der Waals surface area contributed by atoms with Crippen molar-refractivity contribution in [2.24, 2.45) is 5.92 Å². The van der Waals surface area contributed by atoms with E-state index in [-0.39, 0.29) is 29.6 Å². The number of alkyl halides is 3. The van der Waals surface area contributed by atoms with Gasteiger partial charge in [-0.15, -0.1) is 0 Å². The lowest BCUT2D eigenvalue weighted by molar-refractivity contribution is -0.137. The summed E-state index contributed by atoms with van der Waals surface area (Å²) >= 11 is 0. The molecule has 0 spiro atoms. The van der Waals surface area contributed by atoms with Gasteiger partial charge in [0.2, 0.25) is 0 Å². The molecule has 3 heterocycles. The van der Waals surface area contributed by atoms with E-state index in [4.69, 9.17) is 9.47 Å². The fourth-order valence-corrected chi connectivity index (χ4v) is 3.78. The zero-order valence-electron chi connectivity index (χ0n) is 16.2. The molecule has 0 aliphatic carbocycles. The van der Waals surface area contributed by atoms with Gasteiger partial charge in [0.05, 0.1) is 24.3 Å². The summed E-state index contributed by atoms with van der Waals surface area (Å²) in [4.78, 5) is 19.0. The average molecular weight is 421 g/mol. The lowest BCUT2D eigenvalue weighted by Gasteiger charge is -2.34. The van der Waals surface area contributed by atoms with Crippen LogP contribution in [-0.2, 0) is 15.7 Å². The first kappa shape index (κ1) is 20.6. The Labute approximate surface area is 172 Å². The quantitative estimate of drug-likeness (QED) is 0.807. The Balaban J connectivity index is 1.46. The second kappa shape index (κ2) is 8.61. The second-order valence-corrected chi connectivity index (χ2v) is 7.34. The largest absolute Gasteiger partial charge is 0.416 e. The third kappa shape index (κ3) is 4.57. The van der Waals surface area contributed by atoms with Crippen LogP contribution in [0.3, 0.4) is 0 Å². The van der Waals surface area contributed by atoms with E-state index in [2.05, 4.69) is 10.3 Å². The van der Waals surface area contributed by atoms with Gasteiger partial charge in [0.1, 0.15) is 5.82 Å². The molecule has 6 nitrogen and oxygen atoms in total. The number of benzene rings is 1. The number of rotatable bonds is 4. The molecule has 2 fully saturated rings. The van der Waals surface area contributed by atoms with E-state index >= 15 is 0 Å². The molecule has 1 amide bonds. The summed E-state index contributed by atoms with van der Waals surface area (Å²) in [6, 6.07) is 8.07. The summed E-state index contributed by atoms with van der Waals surface area (Å²) in [7, 11) is 0.